The van der Waals surface area contributed by atoms with Crippen LogP contribution in [0.5, 0.6) is 11.5 Å². The fourth-order valence-corrected chi connectivity index (χ4v) is 2.23. The molecule has 0 fully saturated rings. The van der Waals surface area contributed by atoms with Gasteiger partial charge in [0.15, 0.2) is 11.5 Å². The lowest BCUT2D eigenvalue weighted by atomic mass is 10.2. The third-order valence-electron chi connectivity index (χ3n) is 2.71. The number of nitrogens with zero attached hydrogens (tertiary/aromatic N) is 1. The van der Waals surface area contributed by atoms with Crippen molar-refractivity contribution in [3.63, 3.8) is 0 Å². The summed E-state index contributed by atoms with van der Waals surface area (Å²) in [6, 6.07) is 3.37. The SMILES string of the molecule is OCCN(Cc1cc(Cl)c2c(c1)OCO2)CC(F)F. The minimum atomic E-state index is -2.45. The second-order valence-corrected chi connectivity index (χ2v) is 4.57. The van der Waals surface area contributed by atoms with Gasteiger partial charge in [-0.05, 0) is 17.7 Å². The predicted molar refractivity (Wildman–Crippen MR) is 65.9 cm³/mol. The maximum absolute atomic E-state index is 12.4. The Balaban J connectivity index is 2.10. The van der Waals surface area contributed by atoms with Gasteiger partial charge in [0.2, 0.25) is 6.79 Å². The number of fused-ring (bicyclic) bond motifs is 1. The van der Waals surface area contributed by atoms with Gasteiger partial charge in [0.25, 0.3) is 6.43 Å². The Labute approximate surface area is 114 Å². The minimum Gasteiger partial charge on any atom is -0.454 e. The van der Waals surface area contributed by atoms with E-state index in [2.05, 4.69) is 0 Å². The van der Waals surface area contributed by atoms with Gasteiger partial charge in [-0.3, -0.25) is 4.90 Å². The molecule has 1 aromatic rings. The number of rotatable bonds is 6. The molecule has 0 spiro atoms. The highest BCUT2D eigenvalue weighted by Crippen LogP contribution is 2.40. The van der Waals surface area contributed by atoms with Gasteiger partial charge < -0.3 is 14.6 Å². The summed E-state index contributed by atoms with van der Waals surface area (Å²) in [5.74, 6) is 0.997. The molecule has 0 aliphatic carbocycles. The van der Waals surface area contributed by atoms with Crippen molar-refractivity contribution in [2.24, 2.45) is 0 Å². The molecule has 19 heavy (non-hydrogen) atoms. The Bertz CT molecular complexity index is 445. The summed E-state index contributed by atoms with van der Waals surface area (Å²) >= 11 is 6.02. The van der Waals surface area contributed by atoms with Crippen LogP contribution in [0.1, 0.15) is 5.56 Å². The van der Waals surface area contributed by atoms with Crippen LogP contribution in [0.3, 0.4) is 0 Å². The summed E-state index contributed by atoms with van der Waals surface area (Å²) in [5.41, 5.74) is 0.739. The van der Waals surface area contributed by atoms with Crippen LogP contribution in [0.15, 0.2) is 12.1 Å². The fourth-order valence-electron chi connectivity index (χ4n) is 1.94. The van der Waals surface area contributed by atoms with Crippen LogP contribution in [0.25, 0.3) is 0 Å². The van der Waals surface area contributed by atoms with Crippen LogP contribution >= 0.6 is 11.6 Å². The topological polar surface area (TPSA) is 41.9 Å². The van der Waals surface area contributed by atoms with Gasteiger partial charge in [-0.15, -0.1) is 0 Å². The Morgan fingerprint density at radius 1 is 1.37 bits per heavy atom. The smallest absolute Gasteiger partial charge is 0.251 e. The molecule has 0 bridgehead atoms. The van der Waals surface area contributed by atoms with E-state index in [1.807, 2.05) is 0 Å². The maximum Gasteiger partial charge on any atom is 0.251 e. The molecule has 1 heterocycles. The Morgan fingerprint density at radius 2 is 2.16 bits per heavy atom. The number of aliphatic hydroxyl groups excluding tert-OH is 1. The molecule has 1 aromatic carbocycles. The first kappa shape index (κ1) is 14.3. The van der Waals surface area contributed by atoms with Crippen molar-refractivity contribution in [3.05, 3.63) is 22.7 Å². The molecular weight excluding hydrogens is 280 g/mol. The van der Waals surface area contributed by atoms with Crippen LogP contribution in [0.2, 0.25) is 5.02 Å². The highest BCUT2D eigenvalue weighted by molar-refractivity contribution is 6.32. The van der Waals surface area contributed by atoms with E-state index in [1.165, 1.54) is 4.90 Å². The number of benzene rings is 1. The van der Waals surface area contributed by atoms with E-state index < -0.39 is 13.0 Å². The molecule has 0 unspecified atom stereocenters. The van der Waals surface area contributed by atoms with Crippen molar-refractivity contribution < 1.29 is 23.4 Å². The van der Waals surface area contributed by atoms with Crippen molar-refractivity contribution in [1.29, 1.82) is 0 Å². The number of aliphatic hydroxyl groups is 1. The van der Waals surface area contributed by atoms with Gasteiger partial charge in [0.05, 0.1) is 18.2 Å². The molecule has 0 atom stereocenters. The third kappa shape index (κ3) is 3.68. The van der Waals surface area contributed by atoms with Gasteiger partial charge in [0.1, 0.15) is 0 Å². The van der Waals surface area contributed by atoms with Crippen molar-refractivity contribution in [3.8, 4) is 11.5 Å². The summed E-state index contributed by atoms with van der Waals surface area (Å²) < 4.78 is 35.2. The second kappa shape index (κ2) is 6.36. The average Bonchev–Trinajstić information content (AvgIpc) is 2.77. The summed E-state index contributed by atoms with van der Waals surface area (Å²) in [5, 5.41) is 9.27. The molecule has 7 heteroatoms. The lowest BCUT2D eigenvalue weighted by Crippen LogP contribution is -2.31. The molecule has 0 radical (unpaired) electrons. The fraction of sp³-hybridized carbons (Fsp3) is 0.500. The van der Waals surface area contributed by atoms with Gasteiger partial charge in [-0.25, -0.2) is 8.78 Å². The number of ether oxygens (including phenoxy) is 2. The number of hydrogen-bond donors (Lipinski definition) is 1. The monoisotopic (exact) mass is 293 g/mol. The van der Waals surface area contributed by atoms with E-state index in [4.69, 9.17) is 26.2 Å². The zero-order valence-corrected chi connectivity index (χ0v) is 10.9. The first-order valence-electron chi connectivity index (χ1n) is 5.79. The lowest BCUT2D eigenvalue weighted by molar-refractivity contribution is 0.0746. The summed E-state index contributed by atoms with van der Waals surface area (Å²) in [7, 11) is 0. The molecule has 2 rings (SSSR count). The second-order valence-electron chi connectivity index (χ2n) is 4.16. The summed E-state index contributed by atoms with van der Waals surface area (Å²) in [4.78, 5) is 1.46. The summed E-state index contributed by atoms with van der Waals surface area (Å²) in [6.07, 6.45) is -2.45. The molecule has 0 saturated heterocycles. The standard InChI is InChI=1S/C12H14ClF2NO3/c13-9-3-8(4-10-12(9)19-7-18-10)5-16(1-2-17)6-11(14)15/h3-4,11,17H,1-2,5-7H2. The number of hydrogen-bond acceptors (Lipinski definition) is 4. The largest absolute Gasteiger partial charge is 0.454 e. The van der Waals surface area contributed by atoms with Crippen molar-refractivity contribution >= 4 is 11.6 Å². The van der Waals surface area contributed by atoms with Gasteiger partial charge in [-0.1, -0.05) is 11.6 Å². The van der Waals surface area contributed by atoms with E-state index in [-0.39, 0.29) is 26.5 Å². The molecule has 106 valence electrons. The summed E-state index contributed by atoms with van der Waals surface area (Å²) in [6.45, 7) is -0.0226. The van der Waals surface area contributed by atoms with Crippen LogP contribution in [0.4, 0.5) is 8.78 Å². The number of alkyl halides is 2. The van der Waals surface area contributed by atoms with E-state index in [9.17, 15) is 8.78 Å². The Kier molecular flexibility index (Phi) is 4.79. The first-order chi connectivity index (χ1) is 9.10. The Morgan fingerprint density at radius 3 is 2.84 bits per heavy atom. The molecule has 1 aliphatic rings. The van der Waals surface area contributed by atoms with Gasteiger partial charge >= 0.3 is 0 Å². The molecule has 0 aromatic heterocycles. The van der Waals surface area contributed by atoms with Crippen LogP contribution < -0.4 is 9.47 Å². The molecule has 0 saturated carbocycles. The van der Waals surface area contributed by atoms with Crippen LogP contribution in [-0.4, -0.2) is 42.9 Å². The van der Waals surface area contributed by atoms with E-state index >= 15 is 0 Å². The molecule has 1 aliphatic heterocycles. The molecular formula is C12H14ClF2NO3. The average molecular weight is 294 g/mol. The number of halogens is 3. The molecule has 0 amide bonds. The molecule has 1 N–H and O–H groups in total. The van der Waals surface area contributed by atoms with Crippen LogP contribution in [-0.2, 0) is 6.54 Å². The quantitative estimate of drug-likeness (QED) is 0.872. The zero-order valence-electron chi connectivity index (χ0n) is 10.1. The first-order valence-corrected chi connectivity index (χ1v) is 6.17. The zero-order chi connectivity index (χ0) is 13.8. The maximum atomic E-state index is 12.4. The highest BCUT2D eigenvalue weighted by atomic mass is 35.5. The molecule has 4 nitrogen and oxygen atoms in total. The van der Waals surface area contributed by atoms with Gasteiger partial charge in [-0.2, -0.15) is 0 Å². The Hall–Kier alpha value is -1.11. The van der Waals surface area contributed by atoms with Crippen molar-refractivity contribution in [1.82, 2.24) is 4.90 Å². The predicted octanol–water partition coefficient (Wildman–Crippen LogP) is 2.13. The van der Waals surface area contributed by atoms with Crippen molar-refractivity contribution in [2.75, 3.05) is 26.5 Å². The van der Waals surface area contributed by atoms with E-state index in [0.717, 1.165) is 5.56 Å². The van der Waals surface area contributed by atoms with Crippen molar-refractivity contribution in [2.45, 2.75) is 13.0 Å². The normalized spacial score (nSPS) is 13.6. The minimum absolute atomic E-state index is 0.107. The van der Waals surface area contributed by atoms with Crippen LogP contribution in [0, 0.1) is 0 Å². The van der Waals surface area contributed by atoms with Gasteiger partial charge in [0, 0.05) is 13.1 Å². The van der Waals surface area contributed by atoms with E-state index in [1.54, 1.807) is 12.1 Å². The highest BCUT2D eigenvalue weighted by Gasteiger charge is 2.20. The third-order valence-corrected chi connectivity index (χ3v) is 2.99. The van der Waals surface area contributed by atoms with E-state index in [0.29, 0.717) is 16.5 Å². The lowest BCUT2D eigenvalue weighted by Gasteiger charge is -2.21.